The molecule has 0 radical (unpaired) electrons. The lowest BCUT2D eigenvalue weighted by molar-refractivity contribution is 0.441. The molecule has 4 heteroatoms. The largest absolute Gasteiger partial charge is 0.313 e. The summed E-state index contributed by atoms with van der Waals surface area (Å²) in [5.74, 6) is 0.833. The van der Waals surface area contributed by atoms with E-state index in [1.54, 1.807) is 0 Å². The Morgan fingerprint density at radius 2 is 1.79 bits per heavy atom. The highest BCUT2D eigenvalue weighted by molar-refractivity contribution is 7.92. The molecule has 114 valence electrons. The van der Waals surface area contributed by atoms with Crippen LogP contribution in [0.2, 0.25) is 0 Å². The Hall–Kier alpha value is -0.0900. The van der Waals surface area contributed by atoms with Crippen molar-refractivity contribution in [3.05, 3.63) is 0 Å². The Bertz CT molecular complexity index is 328. The molecular formula is C15H31NO2S. The lowest BCUT2D eigenvalue weighted by Gasteiger charge is -2.27. The third-order valence-electron chi connectivity index (χ3n) is 4.32. The molecular weight excluding hydrogens is 258 g/mol. The summed E-state index contributed by atoms with van der Waals surface area (Å²) in [5, 5.41) is 3.19. The highest BCUT2D eigenvalue weighted by Crippen LogP contribution is 2.28. The molecule has 2 unspecified atom stereocenters. The Labute approximate surface area is 119 Å². The van der Waals surface area contributed by atoms with Gasteiger partial charge < -0.3 is 5.32 Å². The van der Waals surface area contributed by atoms with Crippen LogP contribution in [0.15, 0.2) is 0 Å². The maximum absolute atomic E-state index is 12.7. The summed E-state index contributed by atoms with van der Waals surface area (Å²) in [7, 11) is -2.96. The Balaban J connectivity index is 2.73. The Morgan fingerprint density at radius 3 is 2.26 bits per heavy atom. The van der Waals surface area contributed by atoms with Crippen molar-refractivity contribution in [1.82, 2.24) is 5.32 Å². The molecule has 0 heterocycles. The van der Waals surface area contributed by atoms with Crippen molar-refractivity contribution in [3.63, 3.8) is 0 Å². The van der Waals surface area contributed by atoms with Gasteiger partial charge in [0.1, 0.15) is 0 Å². The lowest BCUT2D eigenvalue weighted by atomic mass is 10.1. The van der Waals surface area contributed by atoms with Gasteiger partial charge in [-0.25, -0.2) is 8.42 Å². The molecule has 1 rings (SSSR count). The summed E-state index contributed by atoms with van der Waals surface area (Å²) in [5.41, 5.74) is 0. The molecule has 1 fully saturated rings. The van der Waals surface area contributed by atoms with Crippen LogP contribution in [0.4, 0.5) is 0 Å². The van der Waals surface area contributed by atoms with E-state index in [0.29, 0.717) is 11.7 Å². The van der Waals surface area contributed by atoms with Crippen LogP contribution in [-0.4, -0.2) is 32.0 Å². The molecule has 0 saturated heterocycles. The standard InChI is InChI=1S/C15H31NO2S/c1-4-9-14(16-6-3)15(5-2)19(17,18)12-13-10-7-8-11-13/h13-16H,4-12H2,1-3H3. The van der Waals surface area contributed by atoms with E-state index in [4.69, 9.17) is 0 Å². The van der Waals surface area contributed by atoms with Crippen molar-refractivity contribution in [2.45, 2.75) is 77.0 Å². The van der Waals surface area contributed by atoms with E-state index in [0.717, 1.165) is 38.6 Å². The summed E-state index contributed by atoms with van der Waals surface area (Å²) in [4.78, 5) is 0. The number of hydrogen-bond acceptors (Lipinski definition) is 3. The van der Waals surface area contributed by atoms with Crippen molar-refractivity contribution in [2.75, 3.05) is 12.3 Å². The normalized spacial score (nSPS) is 20.6. The second-order valence-electron chi connectivity index (χ2n) is 5.88. The van der Waals surface area contributed by atoms with Gasteiger partial charge >= 0.3 is 0 Å². The first-order valence-corrected chi connectivity index (χ1v) is 9.71. The smallest absolute Gasteiger partial charge is 0.154 e. The van der Waals surface area contributed by atoms with Crippen LogP contribution in [-0.2, 0) is 9.84 Å². The van der Waals surface area contributed by atoms with Crippen LogP contribution in [0.1, 0.15) is 65.7 Å². The van der Waals surface area contributed by atoms with Crippen LogP contribution < -0.4 is 5.32 Å². The average molecular weight is 289 g/mol. The summed E-state index contributed by atoms with van der Waals surface area (Å²) < 4.78 is 25.3. The molecule has 0 spiro atoms. The maximum Gasteiger partial charge on any atom is 0.154 e. The number of nitrogens with one attached hydrogen (secondary N) is 1. The predicted octanol–water partition coefficient (Wildman–Crippen LogP) is 3.15. The molecule has 1 saturated carbocycles. The molecule has 0 bridgehead atoms. The summed E-state index contributed by atoms with van der Waals surface area (Å²) >= 11 is 0. The second-order valence-corrected chi connectivity index (χ2v) is 8.14. The lowest BCUT2D eigenvalue weighted by Crippen LogP contribution is -2.45. The van der Waals surface area contributed by atoms with Crippen molar-refractivity contribution in [2.24, 2.45) is 5.92 Å². The van der Waals surface area contributed by atoms with Crippen molar-refractivity contribution >= 4 is 9.84 Å². The second kappa shape index (κ2) is 8.25. The first kappa shape index (κ1) is 17.0. The van der Waals surface area contributed by atoms with Crippen LogP contribution in [0.5, 0.6) is 0 Å². The van der Waals surface area contributed by atoms with Gasteiger partial charge in [-0.3, -0.25) is 0 Å². The minimum atomic E-state index is -2.96. The fourth-order valence-corrected chi connectivity index (χ4v) is 5.89. The van der Waals surface area contributed by atoms with E-state index in [1.165, 1.54) is 12.8 Å². The van der Waals surface area contributed by atoms with Gasteiger partial charge in [0.15, 0.2) is 9.84 Å². The van der Waals surface area contributed by atoms with E-state index in [9.17, 15) is 8.42 Å². The van der Waals surface area contributed by atoms with Crippen LogP contribution in [0, 0.1) is 5.92 Å². The van der Waals surface area contributed by atoms with Crippen LogP contribution in [0.25, 0.3) is 0 Å². The van der Waals surface area contributed by atoms with Gasteiger partial charge in [-0.2, -0.15) is 0 Å². The van der Waals surface area contributed by atoms with Crippen molar-refractivity contribution in [1.29, 1.82) is 0 Å². The van der Waals surface area contributed by atoms with Gasteiger partial charge in [0.05, 0.1) is 11.0 Å². The first-order valence-electron chi connectivity index (χ1n) is 8.00. The molecule has 1 N–H and O–H groups in total. The maximum atomic E-state index is 12.7. The summed E-state index contributed by atoms with van der Waals surface area (Å²) in [6.45, 7) is 7.04. The van der Waals surface area contributed by atoms with Gasteiger partial charge in [-0.05, 0) is 38.1 Å². The molecule has 19 heavy (non-hydrogen) atoms. The van der Waals surface area contributed by atoms with E-state index < -0.39 is 9.84 Å². The Kier molecular flexibility index (Phi) is 7.37. The quantitative estimate of drug-likeness (QED) is 0.709. The Morgan fingerprint density at radius 1 is 1.16 bits per heavy atom. The molecule has 1 aliphatic carbocycles. The summed E-state index contributed by atoms with van der Waals surface area (Å²) in [6, 6.07) is 0.131. The van der Waals surface area contributed by atoms with Crippen molar-refractivity contribution < 1.29 is 8.42 Å². The van der Waals surface area contributed by atoms with E-state index in [-0.39, 0.29) is 11.3 Å². The van der Waals surface area contributed by atoms with Crippen molar-refractivity contribution in [3.8, 4) is 0 Å². The molecule has 0 amide bonds. The zero-order valence-electron chi connectivity index (χ0n) is 12.8. The molecule has 1 aliphatic rings. The van der Waals surface area contributed by atoms with Gasteiger partial charge in [0, 0.05) is 6.04 Å². The predicted molar refractivity (Wildman–Crippen MR) is 82.2 cm³/mol. The van der Waals surface area contributed by atoms with Crippen LogP contribution in [0.3, 0.4) is 0 Å². The zero-order chi connectivity index (χ0) is 14.3. The molecule has 3 nitrogen and oxygen atoms in total. The summed E-state index contributed by atoms with van der Waals surface area (Å²) in [6.07, 6.45) is 7.35. The van der Waals surface area contributed by atoms with Gasteiger partial charge in [-0.1, -0.05) is 40.0 Å². The van der Waals surface area contributed by atoms with Gasteiger partial charge in [-0.15, -0.1) is 0 Å². The molecule has 0 aromatic rings. The average Bonchev–Trinajstić information content (AvgIpc) is 2.82. The fourth-order valence-electron chi connectivity index (χ4n) is 3.41. The van der Waals surface area contributed by atoms with E-state index in [2.05, 4.69) is 19.2 Å². The molecule has 2 atom stereocenters. The monoisotopic (exact) mass is 289 g/mol. The minimum Gasteiger partial charge on any atom is -0.313 e. The molecule has 0 aromatic carbocycles. The third kappa shape index (κ3) is 5.07. The number of sulfone groups is 1. The first-order chi connectivity index (χ1) is 9.05. The minimum absolute atomic E-state index is 0.131. The number of hydrogen-bond donors (Lipinski definition) is 1. The highest BCUT2D eigenvalue weighted by Gasteiger charge is 2.33. The third-order valence-corrected chi connectivity index (χ3v) is 6.84. The highest BCUT2D eigenvalue weighted by atomic mass is 32.2. The molecule has 0 aromatic heterocycles. The fraction of sp³-hybridized carbons (Fsp3) is 1.00. The van der Waals surface area contributed by atoms with E-state index >= 15 is 0 Å². The van der Waals surface area contributed by atoms with Gasteiger partial charge in [0.25, 0.3) is 0 Å². The van der Waals surface area contributed by atoms with Crippen LogP contribution >= 0.6 is 0 Å². The van der Waals surface area contributed by atoms with Gasteiger partial charge in [0.2, 0.25) is 0 Å². The zero-order valence-corrected chi connectivity index (χ0v) is 13.6. The SMILES string of the molecule is CCCC(NCC)C(CC)S(=O)(=O)CC1CCCC1. The molecule has 0 aliphatic heterocycles. The topological polar surface area (TPSA) is 46.2 Å². The number of rotatable bonds is 9. The van der Waals surface area contributed by atoms with E-state index in [1.807, 2.05) is 6.92 Å².